The van der Waals surface area contributed by atoms with Crippen molar-refractivity contribution in [2.75, 3.05) is 6.61 Å². The summed E-state index contributed by atoms with van der Waals surface area (Å²) in [6.45, 7) is 1.65. The molecule has 0 amide bonds. The fourth-order valence-corrected chi connectivity index (χ4v) is 3.13. The van der Waals surface area contributed by atoms with E-state index in [9.17, 15) is 9.59 Å². The van der Waals surface area contributed by atoms with Gasteiger partial charge in [-0.05, 0) is 25.1 Å². The van der Waals surface area contributed by atoms with Crippen molar-refractivity contribution in [3.63, 3.8) is 0 Å². The van der Waals surface area contributed by atoms with Crippen molar-refractivity contribution >= 4 is 23.1 Å². The van der Waals surface area contributed by atoms with E-state index in [2.05, 4.69) is 0 Å². The first-order valence-electron chi connectivity index (χ1n) is 6.16. The van der Waals surface area contributed by atoms with Crippen molar-refractivity contribution in [1.29, 1.82) is 0 Å². The van der Waals surface area contributed by atoms with Crippen molar-refractivity contribution < 1.29 is 19.1 Å². The Balaban J connectivity index is 1.90. The number of rotatable bonds is 3. The van der Waals surface area contributed by atoms with E-state index in [-0.39, 0.29) is 12.4 Å². The maximum absolute atomic E-state index is 11.9. The Morgan fingerprint density at radius 3 is 2.95 bits per heavy atom. The molecule has 0 unspecified atom stereocenters. The molecule has 0 aliphatic carbocycles. The van der Waals surface area contributed by atoms with Crippen LogP contribution in [0.25, 0.3) is 10.4 Å². The number of hydrogen-bond acceptors (Lipinski definition) is 5. The first-order chi connectivity index (χ1) is 9.65. The van der Waals surface area contributed by atoms with Crippen molar-refractivity contribution in [1.82, 2.24) is 0 Å². The molecule has 0 fully saturated rings. The maximum atomic E-state index is 11.9. The molecule has 0 radical (unpaired) electrons. The summed E-state index contributed by atoms with van der Waals surface area (Å²) in [4.78, 5) is 24.2. The first kappa shape index (κ1) is 12.9. The number of fused-ring (bicyclic) bond motifs is 3. The molecule has 0 N–H and O–H groups in total. The van der Waals surface area contributed by atoms with E-state index in [4.69, 9.17) is 9.47 Å². The zero-order chi connectivity index (χ0) is 14.1. The third-order valence-electron chi connectivity index (χ3n) is 2.93. The Morgan fingerprint density at radius 1 is 1.35 bits per heavy atom. The Labute approximate surface area is 119 Å². The van der Waals surface area contributed by atoms with Gasteiger partial charge in [-0.3, -0.25) is 4.79 Å². The average molecular weight is 288 g/mol. The summed E-state index contributed by atoms with van der Waals surface area (Å²) < 4.78 is 10.6. The molecule has 0 spiro atoms. The second kappa shape index (κ2) is 5.09. The van der Waals surface area contributed by atoms with Crippen LogP contribution in [0.2, 0.25) is 0 Å². The van der Waals surface area contributed by atoms with Gasteiger partial charge in [-0.1, -0.05) is 12.1 Å². The molecule has 0 bridgehead atoms. The fourth-order valence-electron chi connectivity index (χ4n) is 2.04. The molecule has 2 heterocycles. The van der Waals surface area contributed by atoms with Gasteiger partial charge in [0.25, 0.3) is 0 Å². The standard InChI is InChI=1S/C15H12O4S/c1-9(16)7-19-15(17)13-6-10-8-18-12-5-3-2-4-11(12)14(10)20-13/h2-6H,7-8H2,1H3. The van der Waals surface area contributed by atoms with Crippen molar-refractivity contribution in [3.05, 3.63) is 40.8 Å². The molecule has 4 nitrogen and oxygen atoms in total. The number of benzene rings is 1. The molecule has 0 saturated carbocycles. The number of ketones is 1. The molecule has 1 aliphatic heterocycles. The molecule has 102 valence electrons. The van der Waals surface area contributed by atoms with E-state index in [1.807, 2.05) is 24.3 Å². The average Bonchev–Trinajstić information content (AvgIpc) is 2.89. The highest BCUT2D eigenvalue weighted by Gasteiger charge is 2.23. The molecule has 1 aliphatic rings. The van der Waals surface area contributed by atoms with Crippen LogP contribution in [-0.4, -0.2) is 18.4 Å². The lowest BCUT2D eigenvalue weighted by Gasteiger charge is -2.16. The molecule has 20 heavy (non-hydrogen) atoms. The summed E-state index contributed by atoms with van der Waals surface area (Å²) in [7, 11) is 0. The summed E-state index contributed by atoms with van der Waals surface area (Å²) in [6, 6.07) is 9.50. The van der Waals surface area contributed by atoms with Crippen LogP contribution in [0.5, 0.6) is 5.75 Å². The first-order valence-corrected chi connectivity index (χ1v) is 6.98. The summed E-state index contributed by atoms with van der Waals surface area (Å²) >= 11 is 1.37. The highest BCUT2D eigenvalue weighted by Crippen LogP contribution is 2.42. The number of carbonyl (C=O) groups excluding carboxylic acids is 2. The van der Waals surface area contributed by atoms with E-state index in [1.165, 1.54) is 18.3 Å². The number of thiophene rings is 1. The van der Waals surface area contributed by atoms with Gasteiger partial charge in [0, 0.05) is 16.0 Å². The van der Waals surface area contributed by atoms with Crippen molar-refractivity contribution in [2.45, 2.75) is 13.5 Å². The van der Waals surface area contributed by atoms with Crippen LogP contribution in [0.4, 0.5) is 0 Å². The summed E-state index contributed by atoms with van der Waals surface area (Å²) in [5, 5.41) is 0. The number of carbonyl (C=O) groups is 2. The predicted molar refractivity (Wildman–Crippen MR) is 75.1 cm³/mol. The smallest absolute Gasteiger partial charge is 0.348 e. The largest absolute Gasteiger partial charge is 0.488 e. The van der Waals surface area contributed by atoms with Crippen LogP contribution in [0.3, 0.4) is 0 Å². The number of hydrogen-bond donors (Lipinski definition) is 0. The second-order valence-electron chi connectivity index (χ2n) is 4.53. The Hall–Kier alpha value is -2.14. The number of ether oxygens (including phenoxy) is 2. The Morgan fingerprint density at radius 2 is 2.15 bits per heavy atom. The molecule has 3 rings (SSSR count). The van der Waals surface area contributed by atoms with E-state index in [1.54, 1.807) is 6.07 Å². The molecule has 0 atom stereocenters. The van der Waals surface area contributed by atoms with Gasteiger partial charge >= 0.3 is 5.97 Å². The summed E-state index contributed by atoms with van der Waals surface area (Å²) in [6.07, 6.45) is 0. The van der Waals surface area contributed by atoms with Crippen molar-refractivity contribution in [3.8, 4) is 16.2 Å². The van der Waals surface area contributed by atoms with Crippen LogP contribution < -0.4 is 4.74 Å². The van der Waals surface area contributed by atoms with E-state index < -0.39 is 5.97 Å². The lowest BCUT2D eigenvalue weighted by Crippen LogP contribution is -2.10. The highest BCUT2D eigenvalue weighted by molar-refractivity contribution is 7.17. The van der Waals surface area contributed by atoms with E-state index in [0.717, 1.165) is 21.8 Å². The Kier molecular flexibility index (Phi) is 3.28. The fraction of sp³-hybridized carbons (Fsp3) is 0.200. The quantitative estimate of drug-likeness (QED) is 0.815. The van der Waals surface area contributed by atoms with Gasteiger partial charge in [-0.15, -0.1) is 11.3 Å². The Bertz CT molecular complexity index is 687. The van der Waals surface area contributed by atoms with Gasteiger partial charge in [0.15, 0.2) is 5.78 Å². The molecule has 1 aromatic heterocycles. The molecule has 1 aromatic carbocycles. The molecule has 0 saturated heterocycles. The van der Waals surface area contributed by atoms with Crippen LogP contribution >= 0.6 is 11.3 Å². The van der Waals surface area contributed by atoms with Gasteiger partial charge < -0.3 is 9.47 Å². The van der Waals surface area contributed by atoms with Crippen molar-refractivity contribution in [2.24, 2.45) is 0 Å². The van der Waals surface area contributed by atoms with Gasteiger partial charge in [-0.25, -0.2) is 4.79 Å². The maximum Gasteiger partial charge on any atom is 0.348 e. The van der Waals surface area contributed by atoms with Crippen LogP contribution in [0.15, 0.2) is 30.3 Å². The minimum atomic E-state index is -0.461. The predicted octanol–water partition coefficient (Wildman–Crippen LogP) is 3.05. The molecular formula is C15H12O4S. The topological polar surface area (TPSA) is 52.6 Å². The lowest BCUT2D eigenvalue weighted by atomic mass is 10.1. The van der Waals surface area contributed by atoms with Gasteiger partial charge in [-0.2, -0.15) is 0 Å². The van der Waals surface area contributed by atoms with E-state index >= 15 is 0 Å². The van der Waals surface area contributed by atoms with Gasteiger partial charge in [0.05, 0.1) is 0 Å². The number of esters is 1. The molecule has 5 heteroatoms. The molecule has 2 aromatic rings. The SMILES string of the molecule is CC(=O)COC(=O)c1cc2c(s1)-c1ccccc1OC2. The summed E-state index contributed by atoms with van der Waals surface area (Å²) in [5.74, 6) is 0.191. The summed E-state index contributed by atoms with van der Waals surface area (Å²) in [5.41, 5.74) is 1.97. The van der Waals surface area contributed by atoms with Crippen LogP contribution in [0.1, 0.15) is 22.2 Å². The van der Waals surface area contributed by atoms with Crippen LogP contribution in [-0.2, 0) is 16.1 Å². The normalized spacial score (nSPS) is 12.1. The minimum Gasteiger partial charge on any atom is -0.488 e. The zero-order valence-electron chi connectivity index (χ0n) is 10.8. The number of para-hydroxylation sites is 1. The lowest BCUT2D eigenvalue weighted by molar-refractivity contribution is -0.120. The third kappa shape index (κ3) is 2.32. The van der Waals surface area contributed by atoms with E-state index in [0.29, 0.717) is 11.5 Å². The third-order valence-corrected chi connectivity index (χ3v) is 4.12. The monoisotopic (exact) mass is 288 g/mol. The van der Waals surface area contributed by atoms with Crippen LogP contribution in [0, 0.1) is 0 Å². The zero-order valence-corrected chi connectivity index (χ0v) is 11.7. The molecular weight excluding hydrogens is 276 g/mol. The highest BCUT2D eigenvalue weighted by atomic mass is 32.1. The number of Topliss-reactive ketones (excluding diaryl/α,β-unsaturated/α-hetero) is 1. The van der Waals surface area contributed by atoms with Gasteiger partial charge in [0.2, 0.25) is 0 Å². The van der Waals surface area contributed by atoms with Gasteiger partial charge in [0.1, 0.15) is 23.8 Å². The minimum absolute atomic E-state index is 0.173. The second-order valence-corrected chi connectivity index (χ2v) is 5.58.